The highest BCUT2D eigenvalue weighted by molar-refractivity contribution is 7.99. The summed E-state index contributed by atoms with van der Waals surface area (Å²) in [4.78, 5) is 2.53. The molecule has 84 valence electrons. The minimum atomic E-state index is 0.695. The van der Waals surface area contributed by atoms with E-state index in [-0.39, 0.29) is 0 Å². The third-order valence-electron chi connectivity index (χ3n) is 2.16. The van der Waals surface area contributed by atoms with E-state index in [1.807, 2.05) is 12.1 Å². The van der Waals surface area contributed by atoms with Gasteiger partial charge in [-0.25, -0.2) is 0 Å². The Morgan fingerprint density at radius 3 is 2.88 bits per heavy atom. The lowest BCUT2D eigenvalue weighted by atomic mass is 10.3. The molecule has 16 heavy (non-hydrogen) atoms. The summed E-state index contributed by atoms with van der Waals surface area (Å²) in [7, 11) is 0. The van der Waals surface area contributed by atoms with Gasteiger partial charge in [0.1, 0.15) is 0 Å². The summed E-state index contributed by atoms with van der Waals surface area (Å²) in [6.45, 7) is 0. The second kappa shape index (κ2) is 5.62. The van der Waals surface area contributed by atoms with E-state index in [9.17, 15) is 0 Å². The number of thioether (sulfide) groups is 1. The van der Waals surface area contributed by atoms with Crippen LogP contribution >= 0.6 is 34.7 Å². The second-order valence-corrected chi connectivity index (χ2v) is 5.97. The number of rotatable bonds is 4. The molecule has 0 fully saturated rings. The zero-order chi connectivity index (χ0) is 11.4. The van der Waals surface area contributed by atoms with Gasteiger partial charge in [0, 0.05) is 26.2 Å². The smallest absolute Gasteiger partial charge is 0.0467 e. The third kappa shape index (κ3) is 3.17. The quantitative estimate of drug-likeness (QED) is 0.661. The van der Waals surface area contributed by atoms with Crippen LogP contribution in [0, 0.1) is 0 Å². The van der Waals surface area contributed by atoms with Crippen molar-refractivity contribution in [1.29, 1.82) is 0 Å². The van der Waals surface area contributed by atoms with E-state index < -0.39 is 0 Å². The fourth-order valence-corrected chi connectivity index (χ4v) is 3.32. The van der Waals surface area contributed by atoms with Gasteiger partial charge in [-0.05, 0) is 36.1 Å². The summed E-state index contributed by atoms with van der Waals surface area (Å²) in [5.41, 5.74) is 6.65. The van der Waals surface area contributed by atoms with Crippen molar-refractivity contribution in [2.75, 3.05) is 11.5 Å². The predicted octanol–water partition coefficient (Wildman–Crippen LogP) is 4.32. The molecule has 2 N–H and O–H groups in total. The molecule has 1 aromatic heterocycles. The Morgan fingerprint density at radius 1 is 1.31 bits per heavy atom. The van der Waals surface area contributed by atoms with Gasteiger partial charge in [0.25, 0.3) is 0 Å². The summed E-state index contributed by atoms with van der Waals surface area (Å²) >= 11 is 9.42. The molecule has 0 bridgehead atoms. The summed E-state index contributed by atoms with van der Waals surface area (Å²) in [5.74, 6) is 1.05. The van der Waals surface area contributed by atoms with E-state index in [1.54, 1.807) is 29.2 Å². The molecule has 0 radical (unpaired) electrons. The first-order valence-electron chi connectivity index (χ1n) is 4.96. The molecule has 1 aromatic carbocycles. The van der Waals surface area contributed by atoms with Gasteiger partial charge in [0.05, 0.1) is 0 Å². The van der Waals surface area contributed by atoms with Gasteiger partial charge >= 0.3 is 0 Å². The van der Waals surface area contributed by atoms with Crippen molar-refractivity contribution in [3.05, 3.63) is 45.6 Å². The summed E-state index contributed by atoms with van der Waals surface area (Å²) in [5, 5.41) is 2.80. The average molecular weight is 270 g/mol. The zero-order valence-corrected chi connectivity index (χ0v) is 11.0. The van der Waals surface area contributed by atoms with Crippen LogP contribution in [0.2, 0.25) is 5.02 Å². The molecular formula is C12H12ClNS2. The summed E-state index contributed by atoms with van der Waals surface area (Å²) < 4.78 is 0. The molecule has 0 spiro atoms. The van der Waals surface area contributed by atoms with Gasteiger partial charge < -0.3 is 5.73 Å². The minimum absolute atomic E-state index is 0.695. The maximum absolute atomic E-state index is 5.88. The molecule has 0 amide bonds. The lowest BCUT2D eigenvalue weighted by Gasteiger charge is -2.04. The van der Waals surface area contributed by atoms with Crippen molar-refractivity contribution in [1.82, 2.24) is 0 Å². The van der Waals surface area contributed by atoms with Crippen LogP contribution in [0.25, 0.3) is 0 Å². The monoisotopic (exact) mass is 269 g/mol. The fraction of sp³-hybridized carbons (Fsp3) is 0.167. The number of nitrogens with two attached hydrogens (primary N) is 1. The van der Waals surface area contributed by atoms with Crippen LogP contribution in [-0.4, -0.2) is 5.75 Å². The normalized spacial score (nSPS) is 10.6. The molecule has 1 heterocycles. The van der Waals surface area contributed by atoms with Gasteiger partial charge in [0.2, 0.25) is 0 Å². The molecule has 2 rings (SSSR count). The van der Waals surface area contributed by atoms with Crippen LogP contribution in [0.1, 0.15) is 4.88 Å². The Morgan fingerprint density at radius 2 is 2.19 bits per heavy atom. The molecule has 1 nitrogen and oxygen atoms in total. The largest absolute Gasteiger partial charge is 0.398 e. The van der Waals surface area contributed by atoms with Gasteiger partial charge in [-0.15, -0.1) is 23.1 Å². The maximum atomic E-state index is 5.88. The first kappa shape index (κ1) is 11.8. The number of nitrogen functional groups attached to an aromatic ring is 1. The van der Waals surface area contributed by atoms with Crippen molar-refractivity contribution in [3.8, 4) is 0 Å². The Kier molecular flexibility index (Phi) is 4.16. The SMILES string of the molecule is Nc1cc(Cl)ccc1SCCc1cccs1. The number of benzene rings is 1. The van der Waals surface area contributed by atoms with Crippen LogP contribution in [0.3, 0.4) is 0 Å². The number of anilines is 1. The van der Waals surface area contributed by atoms with Crippen LogP contribution < -0.4 is 5.73 Å². The number of thiophene rings is 1. The Labute approximate surface area is 109 Å². The van der Waals surface area contributed by atoms with Crippen LogP contribution in [0.5, 0.6) is 0 Å². The van der Waals surface area contributed by atoms with Gasteiger partial charge in [-0.1, -0.05) is 17.7 Å². The van der Waals surface area contributed by atoms with Gasteiger partial charge in [0.15, 0.2) is 0 Å². The average Bonchev–Trinajstić information content (AvgIpc) is 2.74. The van der Waals surface area contributed by atoms with Crippen molar-refractivity contribution in [2.45, 2.75) is 11.3 Å². The van der Waals surface area contributed by atoms with Crippen molar-refractivity contribution in [3.63, 3.8) is 0 Å². The molecule has 4 heteroatoms. The standard InChI is InChI=1S/C12H12ClNS2/c13-9-3-4-12(11(14)8-9)16-7-5-10-2-1-6-15-10/h1-4,6,8H,5,7,14H2. The first-order valence-corrected chi connectivity index (χ1v) is 7.20. The topological polar surface area (TPSA) is 26.0 Å². The van der Waals surface area contributed by atoms with Crippen molar-refractivity contribution >= 4 is 40.4 Å². The van der Waals surface area contributed by atoms with E-state index in [4.69, 9.17) is 17.3 Å². The van der Waals surface area contributed by atoms with E-state index in [1.165, 1.54) is 4.88 Å². The molecule has 0 atom stereocenters. The van der Waals surface area contributed by atoms with Crippen LogP contribution in [0.15, 0.2) is 40.6 Å². The number of hydrogen-bond donors (Lipinski definition) is 1. The van der Waals surface area contributed by atoms with Crippen molar-refractivity contribution < 1.29 is 0 Å². The van der Waals surface area contributed by atoms with Crippen LogP contribution in [0.4, 0.5) is 5.69 Å². The first-order chi connectivity index (χ1) is 7.75. The fourth-order valence-electron chi connectivity index (χ4n) is 1.37. The van der Waals surface area contributed by atoms with E-state index in [2.05, 4.69) is 17.5 Å². The number of aryl methyl sites for hydroxylation is 1. The molecule has 2 aromatic rings. The maximum Gasteiger partial charge on any atom is 0.0467 e. The Hall–Kier alpha value is -0.640. The Bertz CT molecular complexity index is 454. The highest BCUT2D eigenvalue weighted by Crippen LogP contribution is 2.28. The molecule has 0 aliphatic carbocycles. The number of hydrogen-bond acceptors (Lipinski definition) is 3. The number of halogens is 1. The Balaban J connectivity index is 1.90. The summed E-state index contributed by atoms with van der Waals surface area (Å²) in [6, 6.07) is 9.91. The third-order valence-corrected chi connectivity index (χ3v) is 4.42. The molecule has 0 aliphatic rings. The molecule has 0 saturated carbocycles. The molecule has 0 unspecified atom stereocenters. The van der Waals surface area contributed by atoms with Gasteiger partial charge in [-0.2, -0.15) is 0 Å². The highest BCUT2D eigenvalue weighted by Gasteiger charge is 2.01. The second-order valence-electron chi connectivity index (χ2n) is 3.36. The highest BCUT2D eigenvalue weighted by atomic mass is 35.5. The van der Waals surface area contributed by atoms with Crippen molar-refractivity contribution in [2.24, 2.45) is 0 Å². The van der Waals surface area contributed by atoms with E-state index in [0.717, 1.165) is 22.8 Å². The molecule has 0 saturated heterocycles. The van der Waals surface area contributed by atoms with Gasteiger partial charge in [-0.3, -0.25) is 0 Å². The van der Waals surface area contributed by atoms with Crippen LogP contribution in [-0.2, 0) is 6.42 Å². The molecular weight excluding hydrogens is 258 g/mol. The van der Waals surface area contributed by atoms with E-state index >= 15 is 0 Å². The minimum Gasteiger partial charge on any atom is -0.398 e. The molecule has 0 aliphatic heterocycles. The lowest BCUT2D eigenvalue weighted by molar-refractivity contribution is 1.20. The zero-order valence-electron chi connectivity index (χ0n) is 8.65. The summed E-state index contributed by atoms with van der Waals surface area (Å²) in [6.07, 6.45) is 1.09. The predicted molar refractivity (Wildman–Crippen MR) is 74.6 cm³/mol. The van der Waals surface area contributed by atoms with E-state index in [0.29, 0.717) is 5.02 Å². The lowest BCUT2D eigenvalue weighted by Crippen LogP contribution is -1.90.